The lowest BCUT2D eigenvalue weighted by Gasteiger charge is -2.11. The molecule has 0 saturated heterocycles. The minimum Gasteiger partial charge on any atom is -0.378 e. The summed E-state index contributed by atoms with van der Waals surface area (Å²) in [7, 11) is 0. The summed E-state index contributed by atoms with van der Waals surface area (Å²) in [5, 5.41) is 3.62. The van der Waals surface area contributed by atoms with Crippen molar-refractivity contribution in [3.63, 3.8) is 0 Å². The number of rotatable bonds is 1. The van der Waals surface area contributed by atoms with Gasteiger partial charge in [0.2, 0.25) is 0 Å². The standard InChI is InChI=1S/C16H16BrN/c1-10-7-13-9-16(18-15(13)8-11(10)2)12-3-5-14(17)6-4-12/h3-8,16,18H,9H2,1-2H3. The van der Waals surface area contributed by atoms with E-state index in [-0.39, 0.29) is 0 Å². The molecule has 0 aliphatic carbocycles. The number of hydrogen-bond donors (Lipinski definition) is 1. The zero-order chi connectivity index (χ0) is 12.7. The van der Waals surface area contributed by atoms with Crippen LogP contribution in [0.15, 0.2) is 40.9 Å². The van der Waals surface area contributed by atoms with E-state index >= 15 is 0 Å². The van der Waals surface area contributed by atoms with Crippen LogP contribution in [0.3, 0.4) is 0 Å². The molecule has 92 valence electrons. The first kappa shape index (κ1) is 11.8. The highest BCUT2D eigenvalue weighted by Gasteiger charge is 2.22. The van der Waals surface area contributed by atoms with Gasteiger partial charge in [0, 0.05) is 10.2 Å². The quantitative estimate of drug-likeness (QED) is 0.799. The summed E-state index contributed by atoms with van der Waals surface area (Å²) in [6, 6.07) is 13.6. The second kappa shape index (κ2) is 4.43. The second-order valence-electron chi connectivity index (χ2n) is 5.05. The Morgan fingerprint density at radius 1 is 1.06 bits per heavy atom. The van der Waals surface area contributed by atoms with Gasteiger partial charge in [0.15, 0.2) is 0 Å². The van der Waals surface area contributed by atoms with E-state index in [4.69, 9.17) is 0 Å². The maximum absolute atomic E-state index is 3.62. The first-order chi connectivity index (χ1) is 8.63. The first-order valence-corrected chi connectivity index (χ1v) is 7.05. The van der Waals surface area contributed by atoms with Crippen LogP contribution in [0.1, 0.15) is 28.3 Å². The minimum absolute atomic E-state index is 0.411. The Bertz CT molecular complexity index is 556. The number of halogens is 1. The van der Waals surface area contributed by atoms with Crippen molar-refractivity contribution in [1.29, 1.82) is 0 Å². The van der Waals surface area contributed by atoms with Crippen molar-refractivity contribution in [3.8, 4) is 0 Å². The zero-order valence-corrected chi connectivity index (χ0v) is 12.2. The Morgan fingerprint density at radius 3 is 2.44 bits per heavy atom. The van der Waals surface area contributed by atoms with Gasteiger partial charge in [-0.2, -0.15) is 0 Å². The van der Waals surface area contributed by atoms with Crippen molar-refractivity contribution >= 4 is 21.6 Å². The van der Waals surface area contributed by atoms with Crippen LogP contribution >= 0.6 is 15.9 Å². The van der Waals surface area contributed by atoms with Gasteiger partial charge in [0.05, 0.1) is 6.04 Å². The predicted molar refractivity (Wildman–Crippen MR) is 80.1 cm³/mol. The third-order valence-corrected chi connectivity index (χ3v) is 4.27. The lowest BCUT2D eigenvalue weighted by molar-refractivity contribution is 0.824. The van der Waals surface area contributed by atoms with Crippen LogP contribution in [0.4, 0.5) is 5.69 Å². The number of hydrogen-bond acceptors (Lipinski definition) is 1. The monoisotopic (exact) mass is 301 g/mol. The van der Waals surface area contributed by atoms with E-state index in [2.05, 4.69) is 71.5 Å². The fourth-order valence-corrected chi connectivity index (χ4v) is 2.80. The fourth-order valence-electron chi connectivity index (χ4n) is 2.53. The minimum atomic E-state index is 0.411. The highest BCUT2D eigenvalue weighted by atomic mass is 79.9. The summed E-state index contributed by atoms with van der Waals surface area (Å²) in [5.41, 5.74) is 6.83. The maximum atomic E-state index is 3.62. The lowest BCUT2D eigenvalue weighted by Crippen LogP contribution is -2.05. The van der Waals surface area contributed by atoms with Gasteiger partial charge < -0.3 is 5.32 Å². The van der Waals surface area contributed by atoms with E-state index < -0.39 is 0 Å². The van der Waals surface area contributed by atoms with Crippen LogP contribution in [-0.2, 0) is 6.42 Å². The second-order valence-corrected chi connectivity index (χ2v) is 5.96. The van der Waals surface area contributed by atoms with E-state index in [1.807, 2.05) is 0 Å². The molecule has 0 spiro atoms. The molecule has 18 heavy (non-hydrogen) atoms. The third kappa shape index (κ3) is 2.05. The van der Waals surface area contributed by atoms with E-state index in [0.29, 0.717) is 6.04 Å². The number of fused-ring (bicyclic) bond motifs is 1. The van der Waals surface area contributed by atoms with Gasteiger partial charge in [0.1, 0.15) is 0 Å². The molecule has 0 saturated carbocycles. The molecule has 0 fully saturated rings. The van der Waals surface area contributed by atoms with Gasteiger partial charge in [0.25, 0.3) is 0 Å². The average Bonchev–Trinajstić information content (AvgIpc) is 2.73. The van der Waals surface area contributed by atoms with E-state index in [1.54, 1.807) is 0 Å². The third-order valence-electron chi connectivity index (χ3n) is 3.75. The smallest absolute Gasteiger partial charge is 0.0555 e. The van der Waals surface area contributed by atoms with E-state index in [9.17, 15) is 0 Å². The summed E-state index contributed by atoms with van der Waals surface area (Å²) in [5.74, 6) is 0. The van der Waals surface area contributed by atoms with Crippen LogP contribution in [-0.4, -0.2) is 0 Å². The molecule has 3 rings (SSSR count). The lowest BCUT2D eigenvalue weighted by atomic mass is 10.0. The van der Waals surface area contributed by atoms with Gasteiger partial charge in [-0.1, -0.05) is 34.1 Å². The molecule has 1 atom stereocenters. The van der Waals surface area contributed by atoms with Crippen LogP contribution in [0.25, 0.3) is 0 Å². The van der Waals surface area contributed by atoms with Gasteiger partial charge in [-0.3, -0.25) is 0 Å². The molecule has 1 heterocycles. The molecule has 1 nitrogen and oxygen atoms in total. The number of aryl methyl sites for hydroxylation is 2. The van der Waals surface area contributed by atoms with Gasteiger partial charge in [-0.25, -0.2) is 0 Å². The molecule has 0 amide bonds. The summed E-state index contributed by atoms with van der Waals surface area (Å²) in [6.07, 6.45) is 1.08. The average molecular weight is 302 g/mol. The first-order valence-electron chi connectivity index (χ1n) is 6.25. The Balaban J connectivity index is 1.91. The molecular formula is C16H16BrN. The summed E-state index contributed by atoms with van der Waals surface area (Å²) in [6.45, 7) is 4.35. The highest BCUT2D eigenvalue weighted by Crippen LogP contribution is 2.35. The number of benzene rings is 2. The summed E-state index contributed by atoms with van der Waals surface area (Å²) < 4.78 is 1.13. The molecule has 0 bridgehead atoms. The Hall–Kier alpha value is -1.28. The van der Waals surface area contributed by atoms with Crippen LogP contribution in [0.5, 0.6) is 0 Å². The molecule has 2 aromatic rings. The zero-order valence-electron chi connectivity index (χ0n) is 10.6. The molecule has 0 radical (unpaired) electrons. The highest BCUT2D eigenvalue weighted by molar-refractivity contribution is 9.10. The van der Waals surface area contributed by atoms with Crippen molar-refractivity contribution in [2.24, 2.45) is 0 Å². The van der Waals surface area contributed by atoms with Crippen molar-refractivity contribution < 1.29 is 0 Å². The van der Waals surface area contributed by atoms with E-state index in [1.165, 1.54) is 27.9 Å². The fraction of sp³-hybridized carbons (Fsp3) is 0.250. The Labute approximate surface area is 116 Å². The van der Waals surface area contributed by atoms with Crippen LogP contribution < -0.4 is 5.32 Å². The van der Waals surface area contributed by atoms with Gasteiger partial charge in [-0.15, -0.1) is 0 Å². The molecular weight excluding hydrogens is 286 g/mol. The topological polar surface area (TPSA) is 12.0 Å². The molecule has 1 aliphatic rings. The normalized spacial score (nSPS) is 17.4. The van der Waals surface area contributed by atoms with Crippen LogP contribution in [0, 0.1) is 13.8 Å². The number of nitrogens with one attached hydrogen (secondary N) is 1. The molecule has 1 aliphatic heterocycles. The van der Waals surface area contributed by atoms with Crippen molar-refractivity contribution in [2.45, 2.75) is 26.3 Å². The van der Waals surface area contributed by atoms with Crippen molar-refractivity contribution in [3.05, 3.63) is 63.1 Å². The Morgan fingerprint density at radius 2 is 1.72 bits per heavy atom. The summed E-state index contributed by atoms with van der Waals surface area (Å²) in [4.78, 5) is 0. The van der Waals surface area contributed by atoms with Crippen LogP contribution in [0.2, 0.25) is 0 Å². The maximum Gasteiger partial charge on any atom is 0.0555 e. The molecule has 2 heteroatoms. The van der Waals surface area contributed by atoms with Crippen molar-refractivity contribution in [1.82, 2.24) is 0 Å². The van der Waals surface area contributed by atoms with Gasteiger partial charge >= 0.3 is 0 Å². The molecule has 0 aromatic heterocycles. The Kier molecular flexibility index (Phi) is 2.90. The van der Waals surface area contributed by atoms with E-state index in [0.717, 1.165) is 10.9 Å². The van der Waals surface area contributed by atoms with Gasteiger partial charge in [-0.05, 0) is 60.7 Å². The van der Waals surface area contributed by atoms with Crippen molar-refractivity contribution in [2.75, 3.05) is 5.32 Å². The number of anilines is 1. The summed E-state index contributed by atoms with van der Waals surface area (Å²) >= 11 is 3.48. The molecule has 2 aromatic carbocycles. The molecule has 1 N–H and O–H groups in total. The largest absolute Gasteiger partial charge is 0.378 e. The SMILES string of the molecule is Cc1cc2c(cc1C)NC(c1ccc(Br)cc1)C2. The molecule has 1 unspecified atom stereocenters. The predicted octanol–water partition coefficient (Wildman–Crippen LogP) is 4.78.